The Balaban J connectivity index is 2.91. The molecule has 1 aromatic carbocycles. The summed E-state index contributed by atoms with van der Waals surface area (Å²) in [6.45, 7) is 2.97. The summed E-state index contributed by atoms with van der Waals surface area (Å²) in [5.74, 6) is 2.68. The molecule has 0 amide bonds. The third kappa shape index (κ3) is 3.67. The third-order valence-corrected chi connectivity index (χ3v) is 3.69. The fourth-order valence-electron chi connectivity index (χ4n) is 1.40. The van der Waals surface area contributed by atoms with Crippen LogP contribution in [0.3, 0.4) is 0 Å². The van der Waals surface area contributed by atoms with E-state index >= 15 is 0 Å². The van der Waals surface area contributed by atoms with Gasteiger partial charge in [0.1, 0.15) is 0 Å². The molecule has 3 heteroatoms. The zero-order valence-electron chi connectivity index (χ0n) is 8.56. The molecule has 15 heavy (non-hydrogen) atoms. The maximum Gasteiger partial charge on any atom is 0.0542 e. The van der Waals surface area contributed by atoms with Gasteiger partial charge in [0, 0.05) is 16.0 Å². The van der Waals surface area contributed by atoms with E-state index in [2.05, 4.69) is 46.8 Å². The largest absolute Gasteiger partial charge is 0.309 e. The van der Waals surface area contributed by atoms with E-state index in [4.69, 9.17) is 18.0 Å². The average Bonchev–Trinajstić information content (AvgIpc) is 2.22. The Kier molecular flexibility index (Phi) is 5.44. The summed E-state index contributed by atoms with van der Waals surface area (Å²) < 4.78 is 1.06. The van der Waals surface area contributed by atoms with Crippen LogP contribution in [0.1, 0.15) is 24.9 Å². The van der Waals surface area contributed by atoms with Gasteiger partial charge in [-0.2, -0.15) is 0 Å². The Morgan fingerprint density at radius 3 is 2.87 bits per heavy atom. The quantitative estimate of drug-likeness (QED) is 0.655. The van der Waals surface area contributed by atoms with Gasteiger partial charge in [0.25, 0.3) is 0 Å². The van der Waals surface area contributed by atoms with Crippen LogP contribution in [-0.2, 0) is 0 Å². The fraction of sp³-hybridized carbons (Fsp3) is 0.333. The Labute approximate surface area is 110 Å². The van der Waals surface area contributed by atoms with Crippen LogP contribution in [0.2, 0.25) is 5.02 Å². The molecular formula is C12H13ClIN. The molecule has 0 aliphatic rings. The first-order chi connectivity index (χ1) is 7.19. The number of terminal acetylenes is 1. The van der Waals surface area contributed by atoms with Crippen molar-refractivity contribution in [2.24, 2.45) is 0 Å². The molecule has 0 aromatic heterocycles. The fourth-order valence-corrected chi connectivity index (χ4v) is 1.93. The lowest BCUT2D eigenvalue weighted by Gasteiger charge is -2.16. The van der Waals surface area contributed by atoms with E-state index in [9.17, 15) is 0 Å². The van der Waals surface area contributed by atoms with Gasteiger partial charge in [-0.05, 0) is 46.8 Å². The first kappa shape index (κ1) is 12.8. The van der Waals surface area contributed by atoms with E-state index in [0.29, 0.717) is 6.42 Å². The highest BCUT2D eigenvalue weighted by molar-refractivity contribution is 14.1. The van der Waals surface area contributed by atoms with Crippen molar-refractivity contribution in [2.45, 2.75) is 19.4 Å². The van der Waals surface area contributed by atoms with Gasteiger partial charge in [-0.1, -0.05) is 24.6 Å². The van der Waals surface area contributed by atoms with Crippen molar-refractivity contribution < 1.29 is 0 Å². The summed E-state index contributed by atoms with van der Waals surface area (Å²) in [6, 6.07) is 6.26. The zero-order valence-corrected chi connectivity index (χ0v) is 11.5. The molecule has 1 unspecified atom stereocenters. The van der Waals surface area contributed by atoms with Crippen LogP contribution in [0.25, 0.3) is 0 Å². The Morgan fingerprint density at radius 1 is 1.60 bits per heavy atom. The summed E-state index contributed by atoms with van der Waals surface area (Å²) in [5, 5.41) is 4.13. The monoisotopic (exact) mass is 333 g/mol. The van der Waals surface area contributed by atoms with Gasteiger partial charge in [0.2, 0.25) is 0 Å². The highest BCUT2D eigenvalue weighted by Crippen LogP contribution is 2.24. The second kappa shape index (κ2) is 6.37. The highest BCUT2D eigenvalue weighted by atomic mass is 127. The molecule has 0 heterocycles. The van der Waals surface area contributed by atoms with Gasteiger partial charge >= 0.3 is 0 Å². The van der Waals surface area contributed by atoms with Crippen LogP contribution >= 0.6 is 34.2 Å². The van der Waals surface area contributed by atoms with Crippen molar-refractivity contribution in [3.63, 3.8) is 0 Å². The topological polar surface area (TPSA) is 12.0 Å². The number of rotatable bonds is 4. The van der Waals surface area contributed by atoms with Gasteiger partial charge in [-0.25, -0.2) is 0 Å². The van der Waals surface area contributed by atoms with Gasteiger partial charge in [0.15, 0.2) is 0 Å². The Morgan fingerprint density at radius 2 is 2.33 bits per heavy atom. The molecule has 0 saturated carbocycles. The molecular weight excluding hydrogens is 320 g/mol. The average molecular weight is 334 g/mol. The van der Waals surface area contributed by atoms with E-state index in [1.54, 1.807) is 0 Å². The molecule has 0 fully saturated rings. The number of nitrogens with one attached hydrogen (secondary N) is 1. The molecule has 0 radical (unpaired) electrons. The van der Waals surface area contributed by atoms with E-state index in [0.717, 1.165) is 20.7 Å². The number of hydrogen-bond acceptors (Lipinski definition) is 1. The molecule has 1 aromatic rings. The summed E-state index contributed by atoms with van der Waals surface area (Å²) in [6.07, 6.45) is 6.03. The summed E-state index contributed by atoms with van der Waals surface area (Å²) in [7, 11) is 0. The molecule has 1 atom stereocenters. The summed E-state index contributed by atoms with van der Waals surface area (Å²) in [4.78, 5) is 0. The Hall–Kier alpha value is -0.240. The van der Waals surface area contributed by atoms with E-state index < -0.39 is 0 Å². The van der Waals surface area contributed by atoms with Gasteiger partial charge < -0.3 is 5.32 Å². The van der Waals surface area contributed by atoms with Crippen LogP contribution in [0.4, 0.5) is 0 Å². The van der Waals surface area contributed by atoms with Crippen molar-refractivity contribution in [1.82, 2.24) is 5.32 Å². The SMILES string of the molecule is C#CCC(NCC)c1ccc(I)c(Cl)c1. The predicted octanol–water partition coefficient (Wildman–Crippen LogP) is 3.62. The smallest absolute Gasteiger partial charge is 0.0542 e. The minimum atomic E-state index is 0.203. The molecule has 1 rings (SSSR count). The lowest BCUT2D eigenvalue weighted by Crippen LogP contribution is -2.20. The minimum Gasteiger partial charge on any atom is -0.309 e. The molecule has 0 bridgehead atoms. The molecule has 0 aliphatic heterocycles. The zero-order chi connectivity index (χ0) is 11.3. The van der Waals surface area contributed by atoms with Crippen molar-refractivity contribution in [3.8, 4) is 12.3 Å². The van der Waals surface area contributed by atoms with Crippen molar-refractivity contribution in [1.29, 1.82) is 0 Å². The van der Waals surface area contributed by atoms with E-state index in [-0.39, 0.29) is 6.04 Å². The van der Waals surface area contributed by atoms with E-state index in [1.165, 1.54) is 0 Å². The second-order valence-electron chi connectivity index (χ2n) is 3.19. The maximum atomic E-state index is 6.07. The van der Waals surface area contributed by atoms with Crippen LogP contribution in [0.15, 0.2) is 18.2 Å². The first-order valence-corrected chi connectivity index (χ1v) is 6.26. The number of benzene rings is 1. The van der Waals surface area contributed by atoms with Crippen LogP contribution in [-0.4, -0.2) is 6.54 Å². The second-order valence-corrected chi connectivity index (χ2v) is 4.76. The van der Waals surface area contributed by atoms with Gasteiger partial charge in [-0.15, -0.1) is 12.3 Å². The van der Waals surface area contributed by atoms with Crippen molar-refractivity contribution >= 4 is 34.2 Å². The number of hydrogen-bond donors (Lipinski definition) is 1. The molecule has 0 spiro atoms. The maximum absolute atomic E-state index is 6.07. The van der Waals surface area contributed by atoms with Crippen LogP contribution < -0.4 is 5.32 Å². The van der Waals surface area contributed by atoms with E-state index in [1.807, 2.05) is 12.1 Å². The third-order valence-electron chi connectivity index (χ3n) is 2.12. The molecule has 0 saturated heterocycles. The van der Waals surface area contributed by atoms with Gasteiger partial charge in [-0.3, -0.25) is 0 Å². The van der Waals surface area contributed by atoms with Gasteiger partial charge in [0.05, 0.1) is 5.02 Å². The first-order valence-electron chi connectivity index (χ1n) is 4.80. The van der Waals surface area contributed by atoms with Crippen molar-refractivity contribution in [3.05, 3.63) is 32.4 Å². The molecule has 80 valence electrons. The normalized spacial score (nSPS) is 12.1. The lowest BCUT2D eigenvalue weighted by molar-refractivity contribution is 0.565. The molecule has 1 nitrogen and oxygen atoms in total. The summed E-state index contributed by atoms with van der Waals surface area (Å²) in [5.41, 5.74) is 1.15. The van der Waals surface area contributed by atoms with Crippen LogP contribution in [0, 0.1) is 15.9 Å². The van der Waals surface area contributed by atoms with Crippen LogP contribution in [0.5, 0.6) is 0 Å². The lowest BCUT2D eigenvalue weighted by atomic mass is 10.0. The predicted molar refractivity (Wildman–Crippen MR) is 74.0 cm³/mol. The highest BCUT2D eigenvalue weighted by Gasteiger charge is 2.09. The Bertz CT molecular complexity index is 370. The number of halogens is 2. The molecule has 0 aliphatic carbocycles. The summed E-state index contributed by atoms with van der Waals surface area (Å²) >= 11 is 8.29. The molecule has 1 N–H and O–H groups in total. The van der Waals surface area contributed by atoms with Crippen molar-refractivity contribution in [2.75, 3.05) is 6.54 Å². The standard InChI is InChI=1S/C12H13ClIN/c1-3-5-12(15-4-2)9-6-7-11(14)10(13)8-9/h1,6-8,12,15H,4-5H2,2H3. The minimum absolute atomic E-state index is 0.203.